The first-order chi connectivity index (χ1) is 9.21. The van der Waals surface area contributed by atoms with E-state index in [0.29, 0.717) is 37.4 Å². The summed E-state index contributed by atoms with van der Waals surface area (Å²) < 4.78 is 10.6. The monoisotopic (exact) mass is 280 g/mol. The van der Waals surface area contributed by atoms with Gasteiger partial charge in [-0.1, -0.05) is 6.92 Å². The fraction of sp³-hybridized carbons (Fsp3) is 0.615. The Morgan fingerprint density at radius 1 is 1.63 bits per heavy atom. The predicted octanol–water partition coefficient (Wildman–Crippen LogP) is 2.18. The summed E-state index contributed by atoms with van der Waals surface area (Å²) in [7, 11) is 0. The lowest BCUT2D eigenvalue weighted by Gasteiger charge is -2.29. The summed E-state index contributed by atoms with van der Waals surface area (Å²) >= 11 is 1.28. The molecule has 1 aliphatic rings. The quantitative estimate of drug-likeness (QED) is 0.790. The zero-order valence-electron chi connectivity index (χ0n) is 10.8. The first-order valence-electron chi connectivity index (χ1n) is 6.29. The number of thiazole rings is 1. The largest absolute Gasteiger partial charge is 0.460 e. The lowest BCUT2D eigenvalue weighted by Crippen LogP contribution is -2.33. The molecule has 0 unspecified atom stereocenters. The van der Waals surface area contributed by atoms with E-state index in [1.807, 2.05) is 6.92 Å². The Morgan fingerprint density at radius 3 is 3.00 bits per heavy atom. The molecule has 0 saturated carbocycles. The molecule has 0 aliphatic carbocycles. The van der Waals surface area contributed by atoms with E-state index in [4.69, 9.17) is 9.47 Å². The van der Waals surface area contributed by atoms with Crippen LogP contribution < -0.4 is 0 Å². The second-order valence-corrected chi connectivity index (χ2v) is 5.42. The molecule has 0 radical (unpaired) electrons. The molecular weight excluding hydrogens is 264 g/mol. The van der Waals surface area contributed by atoms with Crippen molar-refractivity contribution in [1.29, 1.82) is 5.26 Å². The fourth-order valence-electron chi connectivity index (χ4n) is 2.01. The summed E-state index contributed by atoms with van der Waals surface area (Å²) in [5, 5.41) is 9.28. The van der Waals surface area contributed by atoms with Crippen molar-refractivity contribution in [3.05, 3.63) is 16.1 Å². The number of nitriles is 1. The number of carbonyl (C=O) groups excluding carboxylic acids is 1. The zero-order chi connectivity index (χ0) is 13.7. The summed E-state index contributed by atoms with van der Waals surface area (Å²) in [6.45, 7) is 3.17. The summed E-state index contributed by atoms with van der Waals surface area (Å²) in [4.78, 5) is 16.7. The van der Waals surface area contributed by atoms with E-state index in [9.17, 15) is 10.1 Å². The van der Waals surface area contributed by atoms with Crippen molar-refractivity contribution in [2.75, 3.05) is 19.8 Å². The number of hydrogen-bond acceptors (Lipinski definition) is 6. The van der Waals surface area contributed by atoms with Gasteiger partial charge in [0.25, 0.3) is 0 Å². The second kappa shape index (κ2) is 6.13. The highest BCUT2D eigenvalue weighted by atomic mass is 32.1. The third-order valence-electron chi connectivity index (χ3n) is 3.33. The highest BCUT2D eigenvalue weighted by Crippen LogP contribution is 2.30. The Kier molecular flexibility index (Phi) is 4.51. The molecule has 1 aromatic heterocycles. The summed E-state index contributed by atoms with van der Waals surface area (Å²) in [5.74, 6) is -0.375. The number of ether oxygens (including phenoxy) is 2. The lowest BCUT2D eigenvalue weighted by atomic mass is 9.83. The van der Waals surface area contributed by atoms with Crippen LogP contribution in [0.4, 0.5) is 0 Å². The Hall–Kier alpha value is -1.45. The summed E-state index contributed by atoms with van der Waals surface area (Å²) in [6, 6.07) is 2.28. The van der Waals surface area contributed by atoms with E-state index >= 15 is 0 Å². The summed E-state index contributed by atoms with van der Waals surface area (Å²) in [6.07, 6.45) is 1.92. The van der Waals surface area contributed by atoms with E-state index in [1.165, 1.54) is 11.3 Å². The minimum atomic E-state index is -0.592. The topological polar surface area (TPSA) is 72.2 Å². The number of rotatable bonds is 4. The molecule has 1 aromatic rings. The minimum absolute atomic E-state index is 0.132. The Morgan fingerprint density at radius 2 is 2.37 bits per heavy atom. The van der Waals surface area contributed by atoms with Crippen molar-refractivity contribution in [2.24, 2.45) is 5.41 Å². The van der Waals surface area contributed by atoms with Gasteiger partial charge in [0.05, 0.1) is 22.7 Å². The van der Waals surface area contributed by atoms with E-state index in [0.717, 1.165) is 5.69 Å². The van der Waals surface area contributed by atoms with Gasteiger partial charge in [-0.3, -0.25) is 0 Å². The number of aromatic nitrogens is 1. The van der Waals surface area contributed by atoms with Gasteiger partial charge >= 0.3 is 5.97 Å². The maximum absolute atomic E-state index is 12.0. The van der Waals surface area contributed by atoms with Gasteiger partial charge in [-0.15, -0.1) is 11.3 Å². The molecule has 0 bridgehead atoms. The average Bonchev–Trinajstić information content (AvgIpc) is 2.94. The van der Waals surface area contributed by atoms with Gasteiger partial charge in [0.15, 0.2) is 0 Å². The van der Waals surface area contributed by atoms with Crippen LogP contribution in [0.1, 0.15) is 35.1 Å². The Bertz CT molecular complexity index is 486. The van der Waals surface area contributed by atoms with Crippen molar-refractivity contribution >= 4 is 17.3 Å². The smallest absolute Gasteiger partial charge is 0.350 e. The molecule has 0 N–H and O–H groups in total. The van der Waals surface area contributed by atoms with Gasteiger partial charge in [-0.25, -0.2) is 9.78 Å². The number of carbonyl (C=O) groups is 1. The predicted molar refractivity (Wildman–Crippen MR) is 69.9 cm³/mol. The molecule has 6 heteroatoms. The van der Waals surface area contributed by atoms with E-state index in [1.54, 1.807) is 5.51 Å². The van der Waals surface area contributed by atoms with E-state index < -0.39 is 5.41 Å². The highest BCUT2D eigenvalue weighted by molar-refractivity contribution is 7.11. The van der Waals surface area contributed by atoms with Gasteiger partial charge < -0.3 is 9.47 Å². The second-order valence-electron chi connectivity index (χ2n) is 4.56. The van der Waals surface area contributed by atoms with Crippen LogP contribution in [-0.2, 0) is 15.9 Å². The normalized spacial score (nSPS) is 17.7. The fourth-order valence-corrected chi connectivity index (χ4v) is 2.78. The minimum Gasteiger partial charge on any atom is -0.460 e. The number of hydrogen-bond donors (Lipinski definition) is 0. The molecule has 5 nitrogen and oxygen atoms in total. The molecule has 0 amide bonds. The van der Waals surface area contributed by atoms with Crippen LogP contribution in [0.3, 0.4) is 0 Å². The van der Waals surface area contributed by atoms with E-state index in [2.05, 4.69) is 11.1 Å². The first-order valence-corrected chi connectivity index (χ1v) is 7.17. The molecule has 102 valence electrons. The number of esters is 1. The molecule has 1 saturated heterocycles. The molecule has 19 heavy (non-hydrogen) atoms. The standard InChI is InChI=1S/C13H16N2O3S/c1-2-10-11(19-9-15-10)12(16)18-8-13(7-14)3-5-17-6-4-13/h9H,2-6,8H2,1H3. The highest BCUT2D eigenvalue weighted by Gasteiger charge is 2.34. The lowest BCUT2D eigenvalue weighted by molar-refractivity contribution is -0.00447. The molecule has 1 fully saturated rings. The maximum atomic E-state index is 12.0. The van der Waals surface area contributed by atoms with Crippen LogP contribution in [-0.4, -0.2) is 30.8 Å². The van der Waals surface area contributed by atoms with Gasteiger partial charge in [0.2, 0.25) is 0 Å². The van der Waals surface area contributed by atoms with Crippen LogP contribution in [0.5, 0.6) is 0 Å². The van der Waals surface area contributed by atoms with Crippen LogP contribution in [0.15, 0.2) is 5.51 Å². The van der Waals surface area contributed by atoms with Crippen LogP contribution in [0.2, 0.25) is 0 Å². The van der Waals surface area contributed by atoms with Crippen molar-refractivity contribution in [1.82, 2.24) is 4.98 Å². The average molecular weight is 280 g/mol. The number of aryl methyl sites for hydroxylation is 1. The molecular formula is C13H16N2O3S. The van der Waals surface area contributed by atoms with E-state index in [-0.39, 0.29) is 12.6 Å². The first kappa shape index (κ1) is 14.0. The molecule has 1 aliphatic heterocycles. The molecule has 2 heterocycles. The Balaban J connectivity index is 1.98. The van der Waals surface area contributed by atoms with Gasteiger partial charge in [-0.05, 0) is 19.3 Å². The van der Waals surface area contributed by atoms with Gasteiger partial charge in [-0.2, -0.15) is 5.26 Å². The van der Waals surface area contributed by atoms with Crippen molar-refractivity contribution in [3.8, 4) is 6.07 Å². The molecule has 0 atom stereocenters. The molecule has 0 aromatic carbocycles. The summed E-state index contributed by atoms with van der Waals surface area (Å²) in [5.41, 5.74) is 1.81. The third kappa shape index (κ3) is 3.11. The Labute approximate surface area is 116 Å². The maximum Gasteiger partial charge on any atom is 0.350 e. The van der Waals surface area contributed by atoms with Crippen molar-refractivity contribution in [2.45, 2.75) is 26.2 Å². The SMILES string of the molecule is CCc1ncsc1C(=O)OCC1(C#N)CCOCC1. The van der Waals surface area contributed by atoms with Crippen molar-refractivity contribution < 1.29 is 14.3 Å². The van der Waals surface area contributed by atoms with Crippen LogP contribution in [0, 0.1) is 16.7 Å². The molecule has 0 spiro atoms. The molecule has 2 rings (SSSR count). The van der Waals surface area contributed by atoms with Gasteiger partial charge in [0.1, 0.15) is 11.5 Å². The van der Waals surface area contributed by atoms with Gasteiger partial charge in [0, 0.05) is 13.2 Å². The van der Waals surface area contributed by atoms with Crippen LogP contribution in [0.25, 0.3) is 0 Å². The zero-order valence-corrected chi connectivity index (χ0v) is 11.7. The van der Waals surface area contributed by atoms with Crippen LogP contribution >= 0.6 is 11.3 Å². The third-order valence-corrected chi connectivity index (χ3v) is 4.18. The number of nitrogens with zero attached hydrogens (tertiary/aromatic N) is 2. The van der Waals surface area contributed by atoms with Crippen molar-refractivity contribution in [3.63, 3.8) is 0 Å².